The number of nitrogens with one attached hydrogen (secondary N) is 1. The van der Waals surface area contributed by atoms with Gasteiger partial charge in [-0.05, 0) is 45.4 Å². The molecule has 144 valence electrons. The molecule has 1 aromatic carbocycles. The molecule has 0 atom stereocenters. The lowest BCUT2D eigenvalue weighted by Crippen LogP contribution is -2.40. The van der Waals surface area contributed by atoms with Gasteiger partial charge >= 0.3 is 5.97 Å². The van der Waals surface area contributed by atoms with Crippen LogP contribution in [0.25, 0.3) is 0 Å². The molecule has 0 bridgehead atoms. The van der Waals surface area contributed by atoms with Gasteiger partial charge in [-0.15, -0.1) is 11.3 Å². The Morgan fingerprint density at radius 3 is 2.33 bits per heavy atom. The van der Waals surface area contributed by atoms with Crippen molar-refractivity contribution in [1.82, 2.24) is 0 Å². The van der Waals surface area contributed by atoms with Crippen LogP contribution in [-0.2, 0) is 14.3 Å². The van der Waals surface area contributed by atoms with Crippen LogP contribution in [0.4, 0.5) is 10.7 Å². The number of esters is 1. The van der Waals surface area contributed by atoms with Gasteiger partial charge in [0.15, 0.2) is 6.61 Å². The minimum Gasteiger partial charge on any atom is -0.452 e. The fraction of sp³-hybridized carbons (Fsp3) is 0.350. The lowest BCUT2D eigenvalue weighted by atomic mass is 10.1. The summed E-state index contributed by atoms with van der Waals surface area (Å²) in [5.41, 5.74) is 1.79. The molecular formula is C20H24N2O4S. The first-order valence-electron chi connectivity index (χ1n) is 8.64. The van der Waals surface area contributed by atoms with Crippen LogP contribution in [0.5, 0.6) is 0 Å². The van der Waals surface area contributed by atoms with E-state index < -0.39 is 5.97 Å². The van der Waals surface area contributed by atoms with Crippen molar-refractivity contribution in [2.45, 2.75) is 40.7 Å². The molecule has 0 aliphatic rings. The molecule has 2 rings (SSSR count). The van der Waals surface area contributed by atoms with Crippen LogP contribution in [0.1, 0.15) is 41.6 Å². The van der Waals surface area contributed by atoms with Crippen LogP contribution in [-0.4, -0.2) is 30.4 Å². The molecule has 1 heterocycles. The van der Waals surface area contributed by atoms with Gasteiger partial charge in [-0.3, -0.25) is 9.59 Å². The molecule has 0 saturated heterocycles. The largest absolute Gasteiger partial charge is 0.452 e. The smallest absolute Gasteiger partial charge is 0.341 e. The van der Waals surface area contributed by atoms with E-state index in [2.05, 4.69) is 5.32 Å². The number of carbonyl (C=O) groups excluding carboxylic acids is 3. The van der Waals surface area contributed by atoms with E-state index in [1.807, 2.05) is 51.1 Å². The van der Waals surface area contributed by atoms with E-state index in [9.17, 15) is 14.4 Å². The highest BCUT2D eigenvalue weighted by Crippen LogP contribution is 2.33. The standard InChI is InChI=1S/C20H24N2O4S/c1-12(2)22(16-9-7-6-8-10-16)17(24)11-26-20(25)18-13(3)14(4)27-19(18)21-15(5)23/h6-10,12H,11H2,1-5H3,(H,21,23). The molecule has 27 heavy (non-hydrogen) atoms. The van der Waals surface area contributed by atoms with Crippen molar-refractivity contribution >= 4 is 39.8 Å². The number of hydrogen-bond donors (Lipinski definition) is 1. The van der Waals surface area contributed by atoms with Crippen molar-refractivity contribution < 1.29 is 19.1 Å². The summed E-state index contributed by atoms with van der Waals surface area (Å²) in [7, 11) is 0. The summed E-state index contributed by atoms with van der Waals surface area (Å²) in [6, 6.07) is 9.15. The number of nitrogens with zero attached hydrogens (tertiary/aromatic N) is 1. The Kier molecular flexibility index (Phi) is 6.74. The van der Waals surface area contributed by atoms with Crippen LogP contribution >= 0.6 is 11.3 Å². The van der Waals surface area contributed by atoms with Crippen LogP contribution < -0.4 is 10.2 Å². The predicted octanol–water partition coefficient (Wildman–Crippen LogP) is 3.92. The number of anilines is 2. The second kappa shape index (κ2) is 8.81. The Hall–Kier alpha value is -2.67. The van der Waals surface area contributed by atoms with Gasteiger partial charge in [0.25, 0.3) is 5.91 Å². The quantitative estimate of drug-likeness (QED) is 0.761. The summed E-state index contributed by atoms with van der Waals surface area (Å²) < 4.78 is 5.28. The predicted molar refractivity (Wildman–Crippen MR) is 107 cm³/mol. The number of carbonyl (C=O) groups is 3. The molecule has 2 aromatic rings. The van der Waals surface area contributed by atoms with Gasteiger partial charge in [-0.1, -0.05) is 18.2 Å². The van der Waals surface area contributed by atoms with Gasteiger partial charge in [0.05, 0.1) is 5.56 Å². The lowest BCUT2D eigenvalue weighted by molar-refractivity contribution is -0.122. The lowest BCUT2D eigenvalue weighted by Gasteiger charge is -2.26. The van der Waals surface area contributed by atoms with E-state index in [1.54, 1.807) is 11.8 Å². The number of thiophene rings is 1. The summed E-state index contributed by atoms with van der Waals surface area (Å²) in [4.78, 5) is 39.1. The Morgan fingerprint density at radius 2 is 1.78 bits per heavy atom. The minimum atomic E-state index is -0.620. The van der Waals surface area contributed by atoms with Crippen molar-refractivity contribution in [3.05, 3.63) is 46.3 Å². The molecule has 0 spiro atoms. The van der Waals surface area contributed by atoms with Gasteiger partial charge in [0.2, 0.25) is 5.91 Å². The summed E-state index contributed by atoms with van der Waals surface area (Å²) in [5, 5.41) is 3.10. The summed E-state index contributed by atoms with van der Waals surface area (Å²) >= 11 is 1.31. The SMILES string of the molecule is CC(=O)Nc1sc(C)c(C)c1C(=O)OCC(=O)N(c1ccccc1)C(C)C. The van der Waals surface area contributed by atoms with E-state index in [0.717, 1.165) is 16.1 Å². The third kappa shape index (κ3) is 4.95. The van der Waals surface area contributed by atoms with Gasteiger partial charge in [-0.2, -0.15) is 0 Å². The summed E-state index contributed by atoms with van der Waals surface area (Å²) in [6.07, 6.45) is 0. The van der Waals surface area contributed by atoms with E-state index in [4.69, 9.17) is 4.74 Å². The molecule has 0 fully saturated rings. The molecule has 0 unspecified atom stereocenters. The number of amides is 2. The number of ether oxygens (including phenoxy) is 1. The molecule has 0 aliphatic heterocycles. The van der Waals surface area contributed by atoms with Crippen LogP contribution in [0, 0.1) is 13.8 Å². The minimum absolute atomic E-state index is 0.0846. The Balaban J connectivity index is 2.15. The molecule has 0 radical (unpaired) electrons. The Labute approximate surface area is 163 Å². The Bertz CT molecular complexity index is 843. The highest BCUT2D eigenvalue weighted by atomic mass is 32.1. The zero-order chi connectivity index (χ0) is 20.1. The molecule has 7 heteroatoms. The van der Waals surface area contributed by atoms with Crippen molar-refractivity contribution in [3.8, 4) is 0 Å². The van der Waals surface area contributed by atoms with Crippen LogP contribution in [0.2, 0.25) is 0 Å². The third-order valence-electron chi connectivity index (χ3n) is 4.03. The zero-order valence-electron chi connectivity index (χ0n) is 16.2. The van der Waals surface area contributed by atoms with Gasteiger partial charge in [0.1, 0.15) is 5.00 Å². The summed E-state index contributed by atoms with van der Waals surface area (Å²) in [5.74, 6) is -1.20. The van der Waals surface area contributed by atoms with E-state index in [-0.39, 0.29) is 24.5 Å². The molecule has 2 amide bonds. The maximum atomic E-state index is 12.7. The second-order valence-corrected chi connectivity index (χ2v) is 7.66. The van der Waals surface area contributed by atoms with Gasteiger partial charge in [0, 0.05) is 23.5 Å². The van der Waals surface area contributed by atoms with Crippen LogP contribution in [0.15, 0.2) is 30.3 Å². The number of rotatable bonds is 6. The maximum Gasteiger partial charge on any atom is 0.341 e. The molecule has 0 aliphatic carbocycles. The molecular weight excluding hydrogens is 364 g/mol. The van der Waals surface area contributed by atoms with Crippen LogP contribution in [0.3, 0.4) is 0 Å². The average Bonchev–Trinajstić information content (AvgIpc) is 2.86. The van der Waals surface area contributed by atoms with E-state index >= 15 is 0 Å². The molecule has 1 aromatic heterocycles. The van der Waals surface area contributed by atoms with Crippen molar-refractivity contribution in [2.24, 2.45) is 0 Å². The highest BCUT2D eigenvalue weighted by molar-refractivity contribution is 7.16. The molecule has 6 nitrogen and oxygen atoms in total. The monoisotopic (exact) mass is 388 g/mol. The molecule has 0 saturated carbocycles. The normalized spacial score (nSPS) is 10.6. The number of aryl methyl sites for hydroxylation is 1. The number of para-hydroxylation sites is 1. The first-order valence-corrected chi connectivity index (χ1v) is 9.45. The fourth-order valence-electron chi connectivity index (χ4n) is 2.71. The van der Waals surface area contributed by atoms with Crippen molar-refractivity contribution in [3.63, 3.8) is 0 Å². The van der Waals surface area contributed by atoms with E-state index in [1.165, 1.54) is 18.3 Å². The zero-order valence-corrected chi connectivity index (χ0v) is 17.0. The van der Waals surface area contributed by atoms with Crippen molar-refractivity contribution in [1.29, 1.82) is 0 Å². The first kappa shape index (κ1) is 20.6. The summed E-state index contributed by atoms with van der Waals surface area (Å²) in [6.45, 7) is 8.45. The highest BCUT2D eigenvalue weighted by Gasteiger charge is 2.24. The molecule has 1 N–H and O–H groups in total. The number of hydrogen-bond acceptors (Lipinski definition) is 5. The fourth-order valence-corrected chi connectivity index (χ4v) is 3.80. The van der Waals surface area contributed by atoms with Crippen molar-refractivity contribution in [2.75, 3.05) is 16.8 Å². The Morgan fingerprint density at radius 1 is 1.15 bits per heavy atom. The van der Waals surface area contributed by atoms with Gasteiger partial charge < -0.3 is 15.0 Å². The van der Waals surface area contributed by atoms with E-state index in [0.29, 0.717) is 10.6 Å². The second-order valence-electron chi connectivity index (χ2n) is 6.44. The average molecular weight is 388 g/mol. The first-order chi connectivity index (χ1) is 12.7. The number of benzene rings is 1. The topological polar surface area (TPSA) is 75.7 Å². The van der Waals surface area contributed by atoms with Gasteiger partial charge in [-0.25, -0.2) is 4.79 Å². The maximum absolute atomic E-state index is 12.7. The third-order valence-corrected chi connectivity index (χ3v) is 5.15.